The van der Waals surface area contributed by atoms with E-state index >= 15 is 0 Å². The van der Waals surface area contributed by atoms with Gasteiger partial charge in [0.1, 0.15) is 0 Å². The fraction of sp³-hybridized carbons (Fsp3) is 0.174. The molecule has 0 N–H and O–H groups in total. The number of hydrogen-bond donors (Lipinski definition) is 0. The van der Waals surface area contributed by atoms with Crippen LogP contribution in [0.2, 0.25) is 5.02 Å². The highest BCUT2D eigenvalue weighted by atomic mass is 35.5. The van der Waals surface area contributed by atoms with E-state index in [1.165, 1.54) is 6.26 Å². The van der Waals surface area contributed by atoms with E-state index in [4.69, 9.17) is 16.7 Å². The van der Waals surface area contributed by atoms with Crippen molar-refractivity contribution in [2.24, 2.45) is 0 Å². The number of aromatic nitrogens is 2. The van der Waals surface area contributed by atoms with Crippen LogP contribution in [0.3, 0.4) is 0 Å². The number of sulfone groups is 1. The van der Waals surface area contributed by atoms with Gasteiger partial charge >= 0.3 is 0 Å². The van der Waals surface area contributed by atoms with Crippen LogP contribution in [-0.4, -0.2) is 43.4 Å². The first-order chi connectivity index (χ1) is 14.7. The van der Waals surface area contributed by atoms with Crippen molar-refractivity contribution in [2.45, 2.75) is 11.4 Å². The van der Waals surface area contributed by atoms with Crippen molar-refractivity contribution in [1.29, 1.82) is 0 Å². The second kappa shape index (κ2) is 8.59. The third-order valence-electron chi connectivity index (χ3n) is 4.72. The Morgan fingerprint density at radius 3 is 2.45 bits per heavy atom. The predicted octanol–water partition coefficient (Wildman–Crippen LogP) is 5.39. The Bertz CT molecular complexity index is 1340. The fourth-order valence-corrected chi connectivity index (χ4v) is 5.21. The third kappa shape index (κ3) is 4.75. The zero-order valence-corrected chi connectivity index (χ0v) is 19.8. The molecular formula is C23H22ClN3O2S2. The van der Waals surface area contributed by atoms with Gasteiger partial charge in [0.2, 0.25) is 0 Å². The van der Waals surface area contributed by atoms with Crippen LogP contribution < -0.4 is 0 Å². The van der Waals surface area contributed by atoms with E-state index < -0.39 is 9.84 Å². The van der Waals surface area contributed by atoms with Crippen LogP contribution in [0.15, 0.2) is 71.6 Å². The summed E-state index contributed by atoms with van der Waals surface area (Å²) in [5.74, 6) is 0. The maximum Gasteiger partial charge on any atom is 0.175 e. The molecule has 0 aliphatic heterocycles. The molecule has 8 heteroatoms. The number of hydrogen-bond acceptors (Lipinski definition) is 5. The van der Waals surface area contributed by atoms with E-state index in [9.17, 15) is 8.42 Å². The summed E-state index contributed by atoms with van der Waals surface area (Å²) in [5, 5.41) is 5.43. The lowest BCUT2D eigenvalue weighted by molar-refractivity contribution is 0.395. The maximum atomic E-state index is 11.9. The van der Waals surface area contributed by atoms with Gasteiger partial charge in [-0.25, -0.2) is 13.1 Å². The first kappa shape index (κ1) is 21.8. The van der Waals surface area contributed by atoms with Crippen molar-refractivity contribution >= 4 is 32.8 Å². The van der Waals surface area contributed by atoms with Crippen LogP contribution in [0.5, 0.6) is 0 Å². The van der Waals surface area contributed by atoms with E-state index in [0.717, 1.165) is 32.4 Å². The summed E-state index contributed by atoms with van der Waals surface area (Å²) in [4.78, 5) is 4.40. The summed E-state index contributed by atoms with van der Waals surface area (Å²) < 4.78 is 25.8. The molecule has 4 rings (SSSR count). The molecule has 2 aromatic carbocycles. The summed E-state index contributed by atoms with van der Waals surface area (Å²) >= 11 is 8.06. The van der Waals surface area contributed by atoms with Gasteiger partial charge in [-0.2, -0.15) is 5.10 Å². The summed E-state index contributed by atoms with van der Waals surface area (Å²) in [5.41, 5.74) is 3.57. The van der Waals surface area contributed by atoms with E-state index in [1.54, 1.807) is 29.5 Å². The van der Waals surface area contributed by atoms with Gasteiger partial charge in [-0.15, -0.1) is 11.3 Å². The van der Waals surface area contributed by atoms with Crippen LogP contribution >= 0.6 is 22.9 Å². The molecule has 2 heterocycles. The minimum Gasteiger partial charge on any atom is -0.304 e. The van der Waals surface area contributed by atoms with Gasteiger partial charge in [0, 0.05) is 17.7 Å². The first-order valence-electron chi connectivity index (χ1n) is 9.61. The summed E-state index contributed by atoms with van der Waals surface area (Å²) in [6.45, 7) is 0.707. The minimum absolute atomic E-state index is 0.314. The molecule has 0 aliphatic rings. The molecule has 0 fully saturated rings. The Morgan fingerprint density at radius 2 is 1.74 bits per heavy atom. The lowest BCUT2D eigenvalue weighted by Gasteiger charge is -2.08. The molecule has 31 heavy (non-hydrogen) atoms. The third-order valence-corrected chi connectivity index (χ3v) is 7.31. The summed E-state index contributed by atoms with van der Waals surface area (Å²) in [6.07, 6.45) is 1.22. The molecule has 0 bridgehead atoms. The Kier molecular flexibility index (Phi) is 6.03. The monoisotopic (exact) mass is 471 g/mol. The molecule has 0 amide bonds. The van der Waals surface area contributed by atoms with Crippen LogP contribution in [0.4, 0.5) is 0 Å². The van der Waals surface area contributed by atoms with Crippen LogP contribution in [0.1, 0.15) is 5.69 Å². The lowest BCUT2D eigenvalue weighted by Crippen LogP contribution is -2.11. The van der Waals surface area contributed by atoms with Gasteiger partial charge < -0.3 is 4.90 Å². The molecule has 0 unspecified atom stereocenters. The molecule has 5 nitrogen and oxygen atoms in total. The molecule has 0 saturated heterocycles. The van der Waals surface area contributed by atoms with E-state index in [-0.39, 0.29) is 0 Å². The number of benzene rings is 2. The van der Waals surface area contributed by atoms with Crippen LogP contribution in [-0.2, 0) is 16.4 Å². The van der Waals surface area contributed by atoms with Gasteiger partial charge in [-0.05, 0) is 62.1 Å². The normalized spacial score (nSPS) is 11.9. The molecule has 0 spiro atoms. The van der Waals surface area contributed by atoms with Gasteiger partial charge in [0.25, 0.3) is 0 Å². The van der Waals surface area contributed by atoms with Gasteiger partial charge in [-0.3, -0.25) is 0 Å². The lowest BCUT2D eigenvalue weighted by atomic mass is 10.2. The fourth-order valence-electron chi connectivity index (χ4n) is 3.32. The van der Waals surface area contributed by atoms with E-state index in [1.807, 2.05) is 61.2 Å². The van der Waals surface area contributed by atoms with E-state index in [0.29, 0.717) is 16.5 Å². The van der Waals surface area contributed by atoms with Gasteiger partial charge in [0.05, 0.1) is 31.9 Å². The highest BCUT2D eigenvalue weighted by molar-refractivity contribution is 7.90. The molecule has 4 aromatic rings. The maximum absolute atomic E-state index is 11.9. The minimum atomic E-state index is -3.26. The Morgan fingerprint density at radius 1 is 1.00 bits per heavy atom. The number of rotatable bonds is 6. The predicted molar refractivity (Wildman–Crippen MR) is 128 cm³/mol. The van der Waals surface area contributed by atoms with Crippen LogP contribution in [0, 0.1) is 0 Å². The molecule has 2 aromatic heterocycles. The van der Waals surface area contributed by atoms with Crippen molar-refractivity contribution in [2.75, 3.05) is 20.4 Å². The number of halogens is 1. The van der Waals surface area contributed by atoms with Crippen molar-refractivity contribution in [1.82, 2.24) is 14.7 Å². The highest BCUT2D eigenvalue weighted by Gasteiger charge is 2.17. The van der Waals surface area contributed by atoms with Crippen molar-refractivity contribution in [3.63, 3.8) is 0 Å². The molecule has 160 valence electrons. The average molecular weight is 472 g/mol. The SMILES string of the molecule is CN(C)Cc1cc(-c2ccc(-c3cccc(S(C)(=O)=O)c3)s2)n(-c2ccccc2Cl)n1. The highest BCUT2D eigenvalue weighted by Crippen LogP contribution is 2.37. The van der Waals surface area contributed by atoms with E-state index in [2.05, 4.69) is 11.0 Å². The zero-order valence-electron chi connectivity index (χ0n) is 17.4. The van der Waals surface area contributed by atoms with Crippen LogP contribution in [0.25, 0.3) is 26.7 Å². The first-order valence-corrected chi connectivity index (χ1v) is 12.7. The number of para-hydroxylation sites is 1. The topological polar surface area (TPSA) is 55.2 Å². The largest absolute Gasteiger partial charge is 0.304 e. The standard InChI is InChI=1S/C23H22ClN3O2S2/c1-26(2)15-17-14-21(27(25-17)20-10-5-4-9-19(20)24)23-12-11-22(30-23)16-7-6-8-18(13-16)31(3,28)29/h4-14H,15H2,1-3H3. The molecule has 0 atom stereocenters. The second-order valence-corrected chi connectivity index (χ2v) is 11.1. The smallest absolute Gasteiger partial charge is 0.175 e. The zero-order chi connectivity index (χ0) is 22.2. The Labute approximate surface area is 191 Å². The quantitative estimate of drug-likeness (QED) is 0.378. The van der Waals surface area contributed by atoms with Gasteiger partial charge in [0.15, 0.2) is 9.84 Å². The van der Waals surface area contributed by atoms with Crippen molar-refractivity contribution < 1.29 is 8.42 Å². The Hall–Kier alpha value is -2.45. The van der Waals surface area contributed by atoms with Crippen molar-refractivity contribution in [3.05, 3.63) is 77.4 Å². The Balaban J connectivity index is 1.80. The molecule has 0 aliphatic carbocycles. The molecular weight excluding hydrogens is 450 g/mol. The summed E-state index contributed by atoms with van der Waals surface area (Å²) in [7, 11) is 0.749. The van der Waals surface area contributed by atoms with Crippen molar-refractivity contribution in [3.8, 4) is 26.7 Å². The van der Waals surface area contributed by atoms with Gasteiger partial charge in [-0.1, -0.05) is 35.9 Å². The average Bonchev–Trinajstić information content (AvgIpc) is 3.34. The second-order valence-electron chi connectivity index (χ2n) is 7.59. The number of nitrogens with zero attached hydrogens (tertiary/aromatic N) is 3. The summed E-state index contributed by atoms with van der Waals surface area (Å²) in [6, 6.07) is 20.8. The molecule has 0 saturated carbocycles. The molecule has 0 radical (unpaired) electrons. The number of thiophene rings is 1.